The first-order chi connectivity index (χ1) is 16.1. The number of phenolic OH excluding ortho intramolecular Hbond substituents is 1. The van der Waals surface area contributed by atoms with Crippen LogP contribution in [-0.4, -0.2) is 43.6 Å². The minimum atomic E-state index is 0.0772. The lowest BCUT2D eigenvalue weighted by Crippen LogP contribution is -2.39. The molecule has 0 aliphatic carbocycles. The molecule has 0 spiro atoms. The van der Waals surface area contributed by atoms with Crippen LogP contribution in [0.25, 0.3) is 0 Å². The molecule has 0 saturated carbocycles. The second kappa shape index (κ2) is 13.1. The van der Waals surface area contributed by atoms with E-state index >= 15 is 0 Å². The van der Waals surface area contributed by atoms with Crippen LogP contribution in [0.2, 0.25) is 0 Å². The predicted molar refractivity (Wildman–Crippen MR) is 133 cm³/mol. The van der Waals surface area contributed by atoms with Crippen molar-refractivity contribution in [3.8, 4) is 5.75 Å². The Labute approximate surface area is 197 Å². The minimum Gasteiger partial charge on any atom is -0.507 e. The highest BCUT2D eigenvalue weighted by Crippen LogP contribution is 2.27. The van der Waals surface area contributed by atoms with Gasteiger partial charge in [0.15, 0.2) is 0 Å². The van der Waals surface area contributed by atoms with Crippen LogP contribution in [0, 0.1) is 12.8 Å². The van der Waals surface area contributed by atoms with Crippen molar-refractivity contribution in [3.63, 3.8) is 0 Å². The fraction of sp³-hybridized carbons (Fsp3) is 0.577. The van der Waals surface area contributed by atoms with Gasteiger partial charge < -0.3 is 10.3 Å². The van der Waals surface area contributed by atoms with Gasteiger partial charge in [-0.15, -0.1) is 0 Å². The van der Waals surface area contributed by atoms with Gasteiger partial charge in [0.1, 0.15) is 11.6 Å². The fourth-order valence-corrected chi connectivity index (χ4v) is 4.55. The van der Waals surface area contributed by atoms with Gasteiger partial charge >= 0.3 is 0 Å². The Morgan fingerprint density at radius 1 is 1.09 bits per heavy atom. The predicted octanol–water partition coefficient (Wildman–Crippen LogP) is 4.74. The number of phenols is 1. The van der Waals surface area contributed by atoms with E-state index in [9.17, 15) is 15.1 Å². The number of hydrogen-bond acceptors (Lipinski definition) is 6. The number of aromatic nitrogens is 2. The maximum absolute atomic E-state index is 13.0. The summed E-state index contributed by atoms with van der Waals surface area (Å²) in [7, 11) is 0. The van der Waals surface area contributed by atoms with Crippen LogP contribution >= 0.6 is 0 Å². The molecule has 2 aliphatic heterocycles. The maximum atomic E-state index is 13.0. The van der Waals surface area contributed by atoms with Gasteiger partial charge in [-0.1, -0.05) is 45.0 Å². The number of benzene rings is 1. The van der Waals surface area contributed by atoms with Crippen LogP contribution in [0.15, 0.2) is 34.2 Å². The SMILES string of the molecule is CC.CC.Cc1nc2n(c(=O)c1CN1CCC(/C(=N\O)c3ccccc3O)CC1)CCCC2. The molecule has 7 nitrogen and oxygen atoms in total. The summed E-state index contributed by atoms with van der Waals surface area (Å²) >= 11 is 0. The molecular weight excluding hydrogens is 416 g/mol. The number of rotatable bonds is 4. The summed E-state index contributed by atoms with van der Waals surface area (Å²) in [4.78, 5) is 19.9. The number of hydrogen-bond donors (Lipinski definition) is 2. The second-order valence-corrected chi connectivity index (χ2v) is 8.06. The van der Waals surface area contributed by atoms with Crippen LogP contribution in [-0.2, 0) is 19.5 Å². The highest BCUT2D eigenvalue weighted by Gasteiger charge is 2.27. The average Bonchev–Trinajstić information content (AvgIpc) is 2.87. The lowest BCUT2D eigenvalue weighted by molar-refractivity contribution is 0.197. The van der Waals surface area contributed by atoms with E-state index in [4.69, 9.17) is 4.98 Å². The standard InChI is InChI=1S/C22H28N4O3.2C2H6/c1-15-18(22(28)26-11-5-4-8-20(26)23-15)14-25-12-9-16(10-13-25)21(24-29)17-6-2-3-7-19(17)27;2*1-2/h2-3,6-7,16,27,29H,4-5,8-14H2,1H3;2*1-2H3/b24-21+;;. The molecule has 1 fully saturated rings. The average molecular weight is 457 g/mol. The van der Waals surface area contributed by atoms with E-state index in [1.165, 1.54) is 0 Å². The summed E-state index contributed by atoms with van der Waals surface area (Å²) in [6.07, 6.45) is 4.65. The Morgan fingerprint density at radius 2 is 1.76 bits per heavy atom. The van der Waals surface area contributed by atoms with Crippen LogP contribution in [0.5, 0.6) is 5.75 Å². The van der Waals surface area contributed by atoms with Crippen molar-refractivity contribution >= 4 is 5.71 Å². The van der Waals surface area contributed by atoms with Crippen LogP contribution in [0.4, 0.5) is 0 Å². The summed E-state index contributed by atoms with van der Waals surface area (Å²) in [5.41, 5.74) is 2.87. The number of fused-ring (bicyclic) bond motifs is 1. The normalized spacial score (nSPS) is 16.7. The van der Waals surface area contributed by atoms with E-state index in [-0.39, 0.29) is 17.2 Å². The fourth-order valence-electron chi connectivity index (χ4n) is 4.55. The van der Waals surface area contributed by atoms with Crippen molar-refractivity contribution in [2.45, 2.75) is 79.8 Å². The number of nitrogens with zero attached hydrogens (tertiary/aromatic N) is 4. The number of para-hydroxylation sites is 1. The molecule has 0 amide bonds. The van der Waals surface area contributed by atoms with E-state index < -0.39 is 0 Å². The van der Waals surface area contributed by atoms with Gasteiger partial charge in [-0.25, -0.2) is 4.98 Å². The van der Waals surface area contributed by atoms with Gasteiger partial charge in [0.2, 0.25) is 0 Å². The smallest absolute Gasteiger partial charge is 0.258 e. The summed E-state index contributed by atoms with van der Waals surface area (Å²) in [6.45, 7) is 12.9. The van der Waals surface area contributed by atoms with Gasteiger partial charge in [-0.05, 0) is 57.8 Å². The lowest BCUT2D eigenvalue weighted by atomic mass is 9.87. The van der Waals surface area contributed by atoms with Crippen molar-refractivity contribution in [3.05, 3.63) is 57.3 Å². The van der Waals surface area contributed by atoms with Gasteiger partial charge in [-0.2, -0.15) is 0 Å². The summed E-state index contributed by atoms with van der Waals surface area (Å²) in [6, 6.07) is 6.97. The van der Waals surface area contributed by atoms with Crippen molar-refractivity contribution in [1.29, 1.82) is 0 Å². The molecule has 3 heterocycles. The van der Waals surface area contributed by atoms with Crippen LogP contribution in [0.1, 0.15) is 76.0 Å². The third-order valence-corrected chi connectivity index (χ3v) is 6.22. The zero-order valence-electron chi connectivity index (χ0n) is 20.8. The maximum Gasteiger partial charge on any atom is 0.258 e. The third-order valence-electron chi connectivity index (χ3n) is 6.22. The molecule has 0 radical (unpaired) electrons. The summed E-state index contributed by atoms with van der Waals surface area (Å²) in [5, 5.41) is 23.2. The van der Waals surface area contributed by atoms with Gasteiger partial charge in [0.05, 0.1) is 11.3 Å². The zero-order valence-corrected chi connectivity index (χ0v) is 20.8. The zero-order chi connectivity index (χ0) is 24.4. The molecule has 0 unspecified atom stereocenters. The highest BCUT2D eigenvalue weighted by atomic mass is 16.4. The highest BCUT2D eigenvalue weighted by molar-refractivity contribution is 6.04. The molecule has 2 aliphatic rings. The summed E-state index contributed by atoms with van der Waals surface area (Å²) < 4.78 is 1.85. The number of likely N-dealkylation sites (tertiary alicyclic amines) is 1. The van der Waals surface area contributed by atoms with Gasteiger partial charge in [0, 0.05) is 36.7 Å². The van der Waals surface area contributed by atoms with E-state index in [0.717, 1.165) is 68.8 Å². The Bertz CT molecular complexity index is 976. The number of aromatic hydroxyl groups is 1. The van der Waals surface area contributed by atoms with Crippen molar-refractivity contribution < 1.29 is 10.3 Å². The second-order valence-electron chi connectivity index (χ2n) is 8.06. The molecule has 1 aromatic heterocycles. The number of oxime groups is 1. The Kier molecular flexibility index (Phi) is 10.6. The number of aryl methyl sites for hydroxylation is 2. The van der Waals surface area contributed by atoms with E-state index in [1.807, 2.05) is 45.3 Å². The first-order valence-electron chi connectivity index (χ1n) is 12.4. The topological polar surface area (TPSA) is 91.0 Å². The Hall–Kier alpha value is -2.67. The number of piperidine rings is 1. The van der Waals surface area contributed by atoms with E-state index in [2.05, 4.69) is 10.1 Å². The molecule has 7 heteroatoms. The molecule has 1 saturated heterocycles. The first-order valence-corrected chi connectivity index (χ1v) is 12.4. The van der Waals surface area contributed by atoms with Crippen molar-refractivity contribution in [2.24, 2.45) is 11.1 Å². The van der Waals surface area contributed by atoms with Gasteiger partial charge in [-0.3, -0.25) is 14.3 Å². The van der Waals surface area contributed by atoms with E-state index in [1.54, 1.807) is 18.2 Å². The third kappa shape index (κ3) is 6.22. The molecule has 2 N–H and O–H groups in total. The molecule has 182 valence electrons. The molecular formula is C26H40N4O3. The molecule has 0 atom stereocenters. The molecule has 33 heavy (non-hydrogen) atoms. The van der Waals surface area contributed by atoms with Crippen molar-refractivity contribution in [2.75, 3.05) is 13.1 Å². The summed E-state index contributed by atoms with van der Waals surface area (Å²) in [5.74, 6) is 1.13. The van der Waals surface area contributed by atoms with Crippen LogP contribution < -0.4 is 5.56 Å². The van der Waals surface area contributed by atoms with Gasteiger partial charge in [0.25, 0.3) is 5.56 Å². The molecule has 0 bridgehead atoms. The molecule has 2 aromatic rings. The van der Waals surface area contributed by atoms with Crippen LogP contribution in [0.3, 0.4) is 0 Å². The molecule has 1 aromatic carbocycles. The van der Waals surface area contributed by atoms with E-state index in [0.29, 0.717) is 17.8 Å². The molecule has 4 rings (SSSR count). The monoisotopic (exact) mass is 456 g/mol. The quantitative estimate of drug-likeness (QED) is 0.394. The largest absolute Gasteiger partial charge is 0.507 e. The Balaban J connectivity index is 0.000000914. The van der Waals surface area contributed by atoms with Crippen molar-refractivity contribution in [1.82, 2.24) is 14.5 Å². The lowest BCUT2D eigenvalue weighted by Gasteiger charge is -2.32. The first kappa shape index (κ1) is 26.6. The Morgan fingerprint density at radius 3 is 2.39 bits per heavy atom. The minimum absolute atomic E-state index is 0.0772.